The summed E-state index contributed by atoms with van der Waals surface area (Å²) in [5, 5.41) is 9.95. The highest BCUT2D eigenvalue weighted by Gasteiger charge is 2.34. The van der Waals surface area contributed by atoms with Crippen LogP contribution in [-0.4, -0.2) is 23.9 Å². The Labute approximate surface area is 74.9 Å². The first kappa shape index (κ1) is 10.0. The van der Waals surface area contributed by atoms with E-state index >= 15 is 0 Å². The van der Waals surface area contributed by atoms with Crippen LogP contribution in [0.1, 0.15) is 40.0 Å². The van der Waals surface area contributed by atoms with Crippen LogP contribution in [0.15, 0.2) is 0 Å². The summed E-state index contributed by atoms with van der Waals surface area (Å²) < 4.78 is 5.45. The molecule has 0 aromatic rings. The molecular weight excluding hydrogens is 152 g/mol. The fraction of sp³-hybridized carbons (Fsp3) is 1.00. The van der Waals surface area contributed by atoms with Crippen molar-refractivity contribution in [2.75, 3.05) is 6.61 Å². The molecule has 2 heteroatoms. The molecule has 2 atom stereocenters. The summed E-state index contributed by atoms with van der Waals surface area (Å²) in [6.45, 7) is 7.12. The maximum atomic E-state index is 9.95. The molecule has 72 valence electrons. The predicted molar refractivity (Wildman–Crippen MR) is 49.1 cm³/mol. The molecule has 12 heavy (non-hydrogen) atoms. The quantitative estimate of drug-likeness (QED) is 0.705. The number of aliphatic hydroxyl groups is 1. The zero-order valence-electron chi connectivity index (χ0n) is 8.34. The van der Waals surface area contributed by atoms with Crippen molar-refractivity contribution >= 4 is 0 Å². The molecule has 2 unspecified atom stereocenters. The number of aliphatic hydroxyl groups excluding tert-OH is 1. The summed E-state index contributed by atoms with van der Waals surface area (Å²) in [4.78, 5) is 0. The van der Waals surface area contributed by atoms with Crippen LogP contribution in [0.3, 0.4) is 0 Å². The second-order valence-electron chi connectivity index (χ2n) is 4.34. The van der Waals surface area contributed by atoms with Gasteiger partial charge in [0.05, 0.1) is 12.2 Å². The number of rotatable bonds is 3. The highest BCUT2D eigenvalue weighted by Crippen LogP contribution is 2.31. The van der Waals surface area contributed by atoms with Gasteiger partial charge in [-0.3, -0.25) is 0 Å². The Morgan fingerprint density at radius 2 is 2.25 bits per heavy atom. The molecule has 1 fully saturated rings. The highest BCUT2D eigenvalue weighted by molar-refractivity contribution is 4.85. The van der Waals surface area contributed by atoms with Crippen molar-refractivity contribution in [3.63, 3.8) is 0 Å². The van der Waals surface area contributed by atoms with Gasteiger partial charge in [0.1, 0.15) is 0 Å². The lowest BCUT2D eigenvalue weighted by Gasteiger charge is -2.32. The second-order valence-corrected chi connectivity index (χ2v) is 4.34. The zero-order chi connectivity index (χ0) is 9.19. The molecule has 1 aliphatic rings. The Balaban J connectivity index is 2.50. The van der Waals surface area contributed by atoms with E-state index in [1.807, 2.05) is 0 Å². The van der Waals surface area contributed by atoms with Gasteiger partial charge in [-0.15, -0.1) is 0 Å². The molecule has 0 radical (unpaired) electrons. The average Bonchev–Trinajstić information content (AvgIpc) is 2.55. The Morgan fingerprint density at radius 1 is 1.58 bits per heavy atom. The van der Waals surface area contributed by atoms with E-state index in [2.05, 4.69) is 20.8 Å². The first-order valence-electron chi connectivity index (χ1n) is 4.87. The molecule has 1 aliphatic heterocycles. The van der Waals surface area contributed by atoms with Crippen LogP contribution in [0.5, 0.6) is 0 Å². The van der Waals surface area contributed by atoms with E-state index in [-0.39, 0.29) is 17.6 Å². The smallest absolute Gasteiger partial charge is 0.0852 e. The molecule has 2 nitrogen and oxygen atoms in total. The molecule has 1 saturated heterocycles. The monoisotopic (exact) mass is 172 g/mol. The third-order valence-corrected chi connectivity index (χ3v) is 3.03. The van der Waals surface area contributed by atoms with Crippen LogP contribution in [0.2, 0.25) is 0 Å². The minimum atomic E-state index is -0.301. The fourth-order valence-electron chi connectivity index (χ4n) is 1.56. The van der Waals surface area contributed by atoms with Gasteiger partial charge in [-0.1, -0.05) is 20.8 Å². The summed E-state index contributed by atoms with van der Waals surface area (Å²) in [5.74, 6) is 0. The van der Waals surface area contributed by atoms with Gasteiger partial charge in [-0.25, -0.2) is 0 Å². The molecule has 0 aromatic heterocycles. The second kappa shape index (κ2) is 3.75. The molecule has 1 heterocycles. The van der Waals surface area contributed by atoms with Crippen molar-refractivity contribution in [3.05, 3.63) is 0 Å². The van der Waals surface area contributed by atoms with E-state index in [9.17, 15) is 5.11 Å². The predicted octanol–water partition coefficient (Wildman–Crippen LogP) is 1.96. The van der Waals surface area contributed by atoms with Gasteiger partial charge in [0, 0.05) is 6.61 Å². The molecule has 1 N–H and O–H groups in total. The number of hydrogen-bond donors (Lipinski definition) is 1. The van der Waals surface area contributed by atoms with Crippen LogP contribution in [0, 0.1) is 5.41 Å². The lowest BCUT2D eigenvalue weighted by molar-refractivity contribution is -0.0631. The van der Waals surface area contributed by atoms with Crippen LogP contribution in [-0.2, 0) is 4.74 Å². The molecule has 0 spiro atoms. The molecule has 1 rings (SSSR count). The van der Waals surface area contributed by atoms with Gasteiger partial charge in [0.15, 0.2) is 0 Å². The summed E-state index contributed by atoms with van der Waals surface area (Å²) in [7, 11) is 0. The summed E-state index contributed by atoms with van der Waals surface area (Å²) >= 11 is 0. The van der Waals surface area contributed by atoms with Crippen molar-refractivity contribution in [1.82, 2.24) is 0 Å². The average molecular weight is 172 g/mol. The minimum absolute atomic E-state index is 0.00495. The van der Waals surface area contributed by atoms with E-state index in [1.165, 1.54) is 0 Å². The standard InChI is InChI=1S/C10H20O2/c1-4-10(2,3)9(11)8-6-5-7-12-8/h8-9,11H,4-7H2,1-3H3. The number of ether oxygens (including phenoxy) is 1. The third-order valence-electron chi connectivity index (χ3n) is 3.03. The van der Waals surface area contributed by atoms with Crippen LogP contribution >= 0.6 is 0 Å². The highest BCUT2D eigenvalue weighted by atomic mass is 16.5. The Bertz CT molecular complexity index is 137. The molecule has 0 amide bonds. The maximum Gasteiger partial charge on any atom is 0.0852 e. The van der Waals surface area contributed by atoms with Crippen molar-refractivity contribution in [1.29, 1.82) is 0 Å². The molecule has 0 saturated carbocycles. The number of hydrogen-bond acceptors (Lipinski definition) is 2. The Hall–Kier alpha value is -0.0800. The Kier molecular flexibility index (Phi) is 3.13. The van der Waals surface area contributed by atoms with Crippen LogP contribution in [0.4, 0.5) is 0 Å². The van der Waals surface area contributed by atoms with Gasteiger partial charge in [-0.2, -0.15) is 0 Å². The summed E-state index contributed by atoms with van der Waals surface area (Å²) in [6.07, 6.45) is 2.89. The van der Waals surface area contributed by atoms with Gasteiger partial charge in [0.25, 0.3) is 0 Å². The first-order chi connectivity index (χ1) is 5.58. The summed E-state index contributed by atoms with van der Waals surface area (Å²) in [6, 6.07) is 0. The molecule has 0 aromatic carbocycles. The minimum Gasteiger partial charge on any atom is -0.390 e. The first-order valence-corrected chi connectivity index (χ1v) is 4.87. The largest absolute Gasteiger partial charge is 0.390 e. The molecular formula is C10H20O2. The van der Waals surface area contributed by atoms with Gasteiger partial charge >= 0.3 is 0 Å². The lowest BCUT2D eigenvalue weighted by atomic mass is 9.80. The van der Waals surface area contributed by atoms with Gasteiger partial charge in [0.2, 0.25) is 0 Å². The van der Waals surface area contributed by atoms with E-state index in [0.29, 0.717) is 0 Å². The zero-order valence-corrected chi connectivity index (χ0v) is 8.34. The van der Waals surface area contributed by atoms with Crippen LogP contribution < -0.4 is 0 Å². The topological polar surface area (TPSA) is 29.5 Å². The lowest BCUT2D eigenvalue weighted by Crippen LogP contribution is -2.38. The SMILES string of the molecule is CCC(C)(C)C(O)C1CCCO1. The van der Waals surface area contributed by atoms with Crippen molar-refractivity contribution in [2.45, 2.75) is 52.2 Å². The summed E-state index contributed by atoms with van der Waals surface area (Å²) in [5.41, 5.74) is -0.00495. The fourth-order valence-corrected chi connectivity index (χ4v) is 1.56. The third kappa shape index (κ3) is 1.99. The van der Waals surface area contributed by atoms with Crippen molar-refractivity contribution in [3.8, 4) is 0 Å². The Morgan fingerprint density at radius 3 is 2.67 bits per heavy atom. The van der Waals surface area contributed by atoms with Crippen LogP contribution in [0.25, 0.3) is 0 Å². The van der Waals surface area contributed by atoms with Gasteiger partial charge in [-0.05, 0) is 24.7 Å². The van der Waals surface area contributed by atoms with Crippen molar-refractivity contribution < 1.29 is 9.84 Å². The molecule has 0 aliphatic carbocycles. The molecule has 0 bridgehead atoms. The van der Waals surface area contributed by atoms with E-state index < -0.39 is 0 Å². The van der Waals surface area contributed by atoms with E-state index in [1.54, 1.807) is 0 Å². The van der Waals surface area contributed by atoms with Gasteiger partial charge < -0.3 is 9.84 Å². The van der Waals surface area contributed by atoms with E-state index in [0.717, 1.165) is 25.9 Å². The maximum absolute atomic E-state index is 9.95. The normalized spacial score (nSPS) is 27.5. The van der Waals surface area contributed by atoms with E-state index in [4.69, 9.17) is 4.74 Å². The van der Waals surface area contributed by atoms with Crippen molar-refractivity contribution in [2.24, 2.45) is 5.41 Å².